The summed E-state index contributed by atoms with van der Waals surface area (Å²) < 4.78 is 46.3. The number of rotatable bonds is 4. The van der Waals surface area contributed by atoms with Crippen molar-refractivity contribution in [1.82, 2.24) is 14.5 Å². The number of alkyl halides is 3. The van der Waals surface area contributed by atoms with Crippen LogP contribution in [0.3, 0.4) is 0 Å². The summed E-state index contributed by atoms with van der Waals surface area (Å²) in [4.78, 5) is 7.09. The second-order valence-corrected chi connectivity index (χ2v) is 8.24. The molecule has 0 spiro atoms. The monoisotopic (exact) mass is 407 g/mol. The first-order valence-electron chi connectivity index (χ1n) is 10.4. The maximum Gasteiger partial charge on any atom is 0.416 e. The predicted molar refractivity (Wildman–Crippen MR) is 105 cm³/mol. The van der Waals surface area contributed by atoms with Crippen LogP contribution >= 0.6 is 0 Å². The van der Waals surface area contributed by atoms with Crippen LogP contribution in [0.15, 0.2) is 30.5 Å². The third kappa shape index (κ3) is 4.67. The molecule has 4 rings (SSSR count). The first-order valence-corrected chi connectivity index (χ1v) is 10.4. The van der Waals surface area contributed by atoms with Crippen LogP contribution in [0, 0.1) is 6.92 Å². The average Bonchev–Trinajstić information content (AvgIpc) is 3.10. The molecule has 0 bridgehead atoms. The lowest BCUT2D eigenvalue weighted by Gasteiger charge is -2.36. The summed E-state index contributed by atoms with van der Waals surface area (Å²) in [7, 11) is 0. The number of aryl methyl sites for hydroxylation is 1. The first kappa shape index (κ1) is 20.4. The van der Waals surface area contributed by atoms with E-state index >= 15 is 0 Å². The van der Waals surface area contributed by atoms with Gasteiger partial charge in [-0.1, -0.05) is 12.1 Å². The Labute approximate surface area is 169 Å². The summed E-state index contributed by atoms with van der Waals surface area (Å²) in [5.74, 6) is 1.62. The van der Waals surface area contributed by atoms with Gasteiger partial charge in [-0.15, -0.1) is 0 Å². The minimum atomic E-state index is -4.28. The van der Waals surface area contributed by atoms with E-state index in [1.807, 2.05) is 6.20 Å². The molecule has 1 atom stereocenters. The number of aromatic nitrogens is 2. The van der Waals surface area contributed by atoms with E-state index < -0.39 is 11.7 Å². The molecule has 2 fully saturated rings. The predicted octanol–water partition coefficient (Wildman–Crippen LogP) is 4.94. The highest BCUT2D eigenvalue weighted by atomic mass is 19.4. The van der Waals surface area contributed by atoms with Gasteiger partial charge < -0.3 is 9.30 Å². The highest BCUT2D eigenvalue weighted by Gasteiger charge is 2.31. The van der Waals surface area contributed by atoms with Crippen LogP contribution in [-0.4, -0.2) is 40.8 Å². The van der Waals surface area contributed by atoms with Gasteiger partial charge in [-0.25, -0.2) is 4.98 Å². The molecular weight excluding hydrogens is 379 g/mol. The maximum absolute atomic E-state index is 12.8. The number of nitrogens with zero attached hydrogens (tertiary/aromatic N) is 3. The second kappa shape index (κ2) is 8.48. The Morgan fingerprint density at radius 2 is 1.83 bits per heavy atom. The molecule has 1 aromatic heterocycles. The van der Waals surface area contributed by atoms with E-state index in [-0.39, 0.29) is 0 Å². The number of piperidine rings is 1. The summed E-state index contributed by atoms with van der Waals surface area (Å²) in [6, 6.07) is 5.92. The SMILES string of the molecule is Cc1cnc(C2CCOCC2)n1C1CCCN(Cc2ccc(C(F)(F)F)cc2)C1. The molecule has 7 heteroatoms. The molecule has 2 aromatic rings. The number of halogens is 3. The molecule has 2 aliphatic heterocycles. The fourth-order valence-electron chi connectivity index (χ4n) is 4.64. The van der Waals surface area contributed by atoms with E-state index in [1.54, 1.807) is 12.1 Å². The summed E-state index contributed by atoms with van der Waals surface area (Å²) >= 11 is 0. The van der Waals surface area contributed by atoms with Gasteiger partial charge in [-0.3, -0.25) is 4.90 Å². The van der Waals surface area contributed by atoms with Gasteiger partial charge in [0.25, 0.3) is 0 Å². The summed E-state index contributed by atoms with van der Waals surface area (Å²) in [5.41, 5.74) is 1.52. The Morgan fingerprint density at radius 3 is 2.52 bits per heavy atom. The van der Waals surface area contributed by atoms with E-state index in [4.69, 9.17) is 9.72 Å². The summed E-state index contributed by atoms with van der Waals surface area (Å²) in [6.45, 7) is 6.24. The van der Waals surface area contributed by atoms with Crippen LogP contribution in [0.4, 0.5) is 13.2 Å². The van der Waals surface area contributed by atoms with Gasteiger partial charge in [0.15, 0.2) is 0 Å². The lowest BCUT2D eigenvalue weighted by atomic mass is 9.97. The van der Waals surface area contributed by atoms with Crippen molar-refractivity contribution >= 4 is 0 Å². The van der Waals surface area contributed by atoms with Crippen molar-refractivity contribution in [3.63, 3.8) is 0 Å². The largest absolute Gasteiger partial charge is 0.416 e. The van der Waals surface area contributed by atoms with E-state index in [9.17, 15) is 13.2 Å². The minimum Gasteiger partial charge on any atom is -0.381 e. The standard InChI is InChI=1S/C22H28F3N3O/c1-16-13-26-21(18-8-11-29-12-9-18)28(16)20-3-2-10-27(15-20)14-17-4-6-19(7-5-17)22(23,24)25/h4-7,13,18,20H,2-3,8-12,14-15H2,1H3. The highest BCUT2D eigenvalue weighted by Crippen LogP contribution is 2.33. The van der Waals surface area contributed by atoms with Crippen molar-refractivity contribution in [3.05, 3.63) is 53.1 Å². The quantitative estimate of drug-likeness (QED) is 0.719. The van der Waals surface area contributed by atoms with Crippen LogP contribution in [0.2, 0.25) is 0 Å². The molecule has 2 saturated heterocycles. The Kier molecular flexibility index (Phi) is 5.97. The number of hydrogen-bond acceptors (Lipinski definition) is 3. The van der Waals surface area contributed by atoms with E-state index in [0.29, 0.717) is 18.5 Å². The zero-order chi connectivity index (χ0) is 20.4. The molecule has 1 aromatic carbocycles. The molecule has 3 heterocycles. The van der Waals surface area contributed by atoms with Gasteiger partial charge in [0, 0.05) is 50.2 Å². The van der Waals surface area contributed by atoms with Gasteiger partial charge in [-0.05, 0) is 56.8 Å². The van der Waals surface area contributed by atoms with Crippen LogP contribution < -0.4 is 0 Å². The summed E-state index contributed by atoms with van der Waals surface area (Å²) in [5, 5.41) is 0. The van der Waals surface area contributed by atoms with Crippen LogP contribution in [0.5, 0.6) is 0 Å². The van der Waals surface area contributed by atoms with Crippen molar-refractivity contribution in [2.24, 2.45) is 0 Å². The lowest BCUT2D eigenvalue weighted by Crippen LogP contribution is -2.37. The molecule has 0 N–H and O–H groups in total. The zero-order valence-electron chi connectivity index (χ0n) is 16.8. The topological polar surface area (TPSA) is 30.3 Å². The Balaban J connectivity index is 1.46. The molecule has 29 heavy (non-hydrogen) atoms. The number of benzene rings is 1. The van der Waals surface area contributed by atoms with Crippen LogP contribution in [0.25, 0.3) is 0 Å². The molecule has 0 aliphatic carbocycles. The lowest BCUT2D eigenvalue weighted by molar-refractivity contribution is -0.137. The number of imidazole rings is 1. The fraction of sp³-hybridized carbons (Fsp3) is 0.591. The van der Waals surface area contributed by atoms with Crippen LogP contribution in [-0.2, 0) is 17.5 Å². The van der Waals surface area contributed by atoms with Crippen molar-refractivity contribution in [1.29, 1.82) is 0 Å². The zero-order valence-corrected chi connectivity index (χ0v) is 16.8. The van der Waals surface area contributed by atoms with Crippen molar-refractivity contribution in [3.8, 4) is 0 Å². The normalized spacial score (nSPS) is 22.1. The Hall–Kier alpha value is -1.86. The number of likely N-dealkylation sites (tertiary alicyclic amines) is 1. The van der Waals surface area contributed by atoms with Gasteiger partial charge in [0.2, 0.25) is 0 Å². The molecule has 158 valence electrons. The van der Waals surface area contributed by atoms with Gasteiger partial charge in [-0.2, -0.15) is 13.2 Å². The van der Waals surface area contributed by atoms with E-state index in [2.05, 4.69) is 16.4 Å². The Bertz CT molecular complexity index is 810. The number of hydrogen-bond donors (Lipinski definition) is 0. The third-order valence-corrected chi connectivity index (χ3v) is 6.13. The Morgan fingerprint density at radius 1 is 1.10 bits per heavy atom. The molecule has 4 nitrogen and oxygen atoms in total. The van der Waals surface area contributed by atoms with Gasteiger partial charge >= 0.3 is 6.18 Å². The van der Waals surface area contributed by atoms with Crippen LogP contribution in [0.1, 0.15) is 60.3 Å². The van der Waals surface area contributed by atoms with Crippen molar-refractivity contribution in [2.75, 3.05) is 26.3 Å². The van der Waals surface area contributed by atoms with Crippen molar-refractivity contribution < 1.29 is 17.9 Å². The van der Waals surface area contributed by atoms with Crippen molar-refractivity contribution in [2.45, 2.75) is 57.3 Å². The molecular formula is C22H28F3N3O. The number of ether oxygens (including phenoxy) is 1. The second-order valence-electron chi connectivity index (χ2n) is 8.24. The first-order chi connectivity index (χ1) is 13.9. The van der Waals surface area contributed by atoms with Gasteiger partial charge in [0.1, 0.15) is 5.82 Å². The summed E-state index contributed by atoms with van der Waals surface area (Å²) in [6.07, 6.45) is 1.90. The molecule has 0 saturated carbocycles. The molecule has 2 aliphatic rings. The van der Waals surface area contributed by atoms with E-state index in [1.165, 1.54) is 23.7 Å². The molecule has 1 unspecified atom stereocenters. The van der Waals surface area contributed by atoms with Gasteiger partial charge in [0.05, 0.1) is 5.56 Å². The highest BCUT2D eigenvalue weighted by molar-refractivity contribution is 5.24. The third-order valence-electron chi connectivity index (χ3n) is 6.13. The maximum atomic E-state index is 12.8. The van der Waals surface area contributed by atoms with E-state index in [0.717, 1.165) is 57.6 Å². The average molecular weight is 407 g/mol. The molecule has 0 radical (unpaired) electrons. The smallest absolute Gasteiger partial charge is 0.381 e. The molecule has 0 amide bonds. The minimum absolute atomic E-state index is 0.360. The fourth-order valence-corrected chi connectivity index (χ4v) is 4.64.